The van der Waals surface area contributed by atoms with E-state index in [4.69, 9.17) is 15.2 Å². The van der Waals surface area contributed by atoms with Crippen LogP contribution in [-0.4, -0.2) is 13.7 Å². The summed E-state index contributed by atoms with van der Waals surface area (Å²) in [5.74, 6) is 1.66. The van der Waals surface area contributed by atoms with Crippen molar-refractivity contribution in [1.82, 2.24) is 0 Å². The summed E-state index contributed by atoms with van der Waals surface area (Å²) in [4.78, 5) is 0. The van der Waals surface area contributed by atoms with Gasteiger partial charge in [-0.3, -0.25) is 0 Å². The highest BCUT2D eigenvalue weighted by atomic mass is 35.5. The molecule has 0 spiro atoms. The van der Waals surface area contributed by atoms with E-state index in [0.717, 1.165) is 17.1 Å². The number of hydrogen-bond acceptors (Lipinski definition) is 3. The Morgan fingerprint density at radius 2 is 2.31 bits per heavy atom. The van der Waals surface area contributed by atoms with Gasteiger partial charge in [-0.05, 0) is 12.1 Å². The van der Waals surface area contributed by atoms with Gasteiger partial charge in [-0.1, -0.05) is 0 Å². The Morgan fingerprint density at radius 3 is 3.00 bits per heavy atom. The average molecular weight is 202 g/mol. The van der Waals surface area contributed by atoms with Crippen LogP contribution in [0.15, 0.2) is 18.2 Å². The molecule has 0 amide bonds. The van der Waals surface area contributed by atoms with Gasteiger partial charge in [0.25, 0.3) is 0 Å². The van der Waals surface area contributed by atoms with E-state index in [-0.39, 0.29) is 18.4 Å². The molecule has 1 heterocycles. The SMILES string of the molecule is COc1ccc2c(c1)OC[C@@H]2N.Cl. The molecule has 1 aliphatic heterocycles. The molecule has 0 aliphatic carbocycles. The fourth-order valence-electron chi connectivity index (χ4n) is 1.34. The molecule has 0 aromatic heterocycles. The molecule has 1 aromatic carbocycles. The standard InChI is InChI=1S/C9H11NO2.ClH/c1-11-6-2-3-7-8(10)5-12-9(7)4-6;/h2-4,8H,5,10H2,1H3;1H/t8-;/m0./s1. The summed E-state index contributed by atoms with van der Waals surface area (Å²) >= 11 is 0. The van der Waals surface area contributed by atoms with Gasteiger partial charge in [0.2, 0.25) is 0 Å². The predicted octanol–water partition coefficient (Wildman–Crippen LogP) is 1.51. The lowest BCUT2D eigenvalue weighted by Gasteiger charge is -2.02. The first kappa shape index (κ1) is 10.2. The maximum Gasteiger partial charge on any atom is 0.127 e. The van der Waals surface area contributed by atoms with Crippen molar-refractivity contribution in [2.75, 3.05) is 13.7 Å². The van der Waals surface area contributed by atoms with Crippen LogP contribution in [0.2, 0.25) is 0 Å². The summed E-state index contributed by atoms with van der Waals surface area (Å²) in [6.07, 6.45) is 0. The van der Waals surface area contributed by atoms with Gasteiger partial charge in [0.1, 0.15) is 18.1 Å². The molecule has 0 bridgehead atoms. The third-order valence-electron chi connectivity index (χ3n) is 2.04. The maximum atomic E-state index is 5.77. The minimum atomic E-state index is 0. The molecule has 1 atom stereocenters. The van der Waals surface area contributed by atoms with E-state index in [0.29, 0.717) is 6.61 Å². The smallest absolute Gasteiger partial charge is 0.127 e. The van der Waals surface area contributed by atoms with Crippen LogP contribution in [-0.2, 0) is 0 Å². The average Bonchev–Trinajstić information content (AvgIpc) is 2.47. The third-order valence-corrected chi connectivity index (χ3v) is 2.04. The number of benzene rings is 1. The van der Waals surface area contributed by atoms with Crippen LogP contribution in [0.5, 0.6) is 11.5 Å². The van der Waals surface area contributed by atoms with Crippen molar-refractivity contribution in [2.24, 2.45) is 5.73 Å². The van der Waals surface area contributed by atoms with E-state index in [1.165, 1.54) is 0 Å². The summed E-state index contributed by atoms with van der Waals surface area (Å²) in [5.41, 5.74) is 6.84. The molecule has 0 saturated heterocycles. The maximum absolute atomic E-state index is 5.77. The number of fused-ring (bicyclic) bond motifs is 1. The fraction of sp³-hybridized carbons (Fsp3) is 0.333. The van der Waals surface area contributed by atoms with E-state index in [1.807, 2.05) is 18.2 Å². The summed E-state index contributed by atoms with van der Waals surface area (Å²) in [6, 6.07) is 5.73. The highest BCUT2D eigenvalue weighted by Gasteiger charge is 2.20. The zero-order valence-corrected chi connectivity index (χ0v) is 8.14. The summed E-state index contributed by atoms with van der Waals surface area (Å²) in [5, 5.41) is 0. The molecule has 4 heteroatoms. The van der Waals surface area contributed by atoms with Crippen molar-refractivity contribution in [2.45, 2.75) is 6.04 Å². The molecule has 0 fully saturated rings. The molecule has 72 valence electrons. The first-order valence-electron chi connectivity index (χ1n) is 3.87. The first-order valence-corrected chi connectivity index (χ1v) is 3.87. The van der Waals surface area contributed by atoms with Gasteiger partial charge in [-0.15, -0.1) is 12.4 Å². The number of halogens is 1. The lowest BCUT2D eigenvalue weighted by Crippen LogP contribution is -2.10. The van der Waals surface area contributed by atoms with Crippen molar-refractivity contribution >= 4 is 12.4 Å². The lowest BCUT2D eigenvalue weighted by molar-refractivity contribution is 0.331. The molecule has 2 rings (SSSR count). The second-order valence-corrected chi connectivity index (χ2v) is 2.82. The predicted molar refractivity (Wildman–Crippen MR) is 52.7 cm³/mol. The Kier molecular flexibility index (Phi) is 3.01. The van der Waals surface area contributed by atoms with Gasteiger partial charge in [-0.2, -0.15) is 0 Å². The number of methoxy groups -OCH3 is 1. The van der Waals surface area contributed by atoms with Crippen LogP contribution >= 0.6 is 12.4 Å². The Balaban J connectivity index is 0.000000845. The van der Waals surface area contributed by atoms with Gasteiger partial charge in [0.15, 0.2) is 0 Å². The second kappa shape index (κ2) is 3.85. The number of rotatable bonds is 1. The minimum Gasteiger partial charge on any atom is -0.497 e. The third kappa shape index (κ3) is 1.71. The van der Waals surface area contributed by atoms with E-state index in [9.17, 15) is 0 Å². The Bertz CT molecular complexity index is 304. The molecule has 13 heavy (non-hydrogen) atoms. The Morgan fingerprint density at radius 1 is 1.54 bits per heavy atom. The zero-order chi connectivity index (χ0) is 8.55. The monoisotopic (exact) mass is 201 g/mol. The van der Waals surface area contributed by atoms with Crippen LogP contribution in [0, 0.1) is 0 Å². The van der Waals surface area contributed by atoms with E-state index in [2.05, 4.69) is 0 Å². The lowest BCUT2D eigenvalue weighted by atomic mass is 10.1. The van der Waals surface area contributed by atoms with Crippen LogP contribution in [0.3, 0.4) is 0 Å². The van der Waals surface area contributed by atoms with Gasteiger partial charge < -0.3 is 15.2 Å². The van der Waals surface area contributed by atoms with Crippen molar-refractivity contribution in [1.29, 1.82) is 0 Å². The van der Waals surface area contributed by atoms with Crippen molar-refractivity contribution in [3.8, 4) is 11.5 Å². The molecular weight excluding hydrogens is 190 g/mol. The number of nitrogens with two attached hydrogens (primary N) is 1. The topological polar surface area (TPSA) is 44.5 Å². The highest BCUT2D eigenvalue weighted by molar-refractivity contribution is 5.85. The minimum absolute atomic E-state index is 0. The molecule has 0 unspecified atom stereocenters. The Hall–Kier alpha value is -0.930. The van der Waals surface area contributed by atoms with Crippen LogP contribution < -0.4 is 15.2 Å². The summed E-state index contributed by atoms with van der Waals surface area (Å²) < 4.78 is 10.4. The Labute approximate surface area is 83.2 Å². The first-order chi connectivity index (χ1) is 5.81. The van der Waals surface area contributed by atoms with E-state index >= 15 is 0 Å². The fourth-order valence-corrected chi connectivity index (χ4v) is 1.34. The largest absolute Gasteiger partial charge is 0.497 e. The van der Waals surface area contributed by atoms with Crippen molar-refractivity contribution in [3.05, 3.63) is 23.8 Å². The second-order valence-electron chi connectivity index (χ2n) is 2.82. The molecule has 3 nitrogen and oxygen atoms in total. The quantitative estimate of drug-likeness (QED) is 0.749. The summed E-state index contributed by atoms with van der Waals surface area (Å²) in [6.45, 7) is 0.572. The molecule has 2 N–H and O–H groups in total. The molecular formula is C9H12ClNO2. The highest BCUT2D eigenvalue weighted by Crippen LogP contribution is 2.33. The van der Waals surface area contributed by atoms with Gasteiger partial charge in [0.05, 0.1) is 13.2 Å². The zero-order valence-electron chi connectivity index (χ0n) is 7.32. The molecule has 0 saturated carbocycles. The van der Waals surface area contributed by atoms with Gasteiger partial charge >= 0.3 is 0 Å². The van der Waals surface area contributed by atoms with E-state index in [1.54, 1.807) is 7.11 Å². The molecule has 1 aliphatic rings. The summed E-state index contributed by atoms with van der Waals surface area (Å²) in [7, 11) is 1.64. The van der Waals surface area contributed by atoms with Crippen molar-refractivity contribution < 1.29 is 9.47 Å². The number of hydrogen-bond donors (Lipinski definition) is 1. The van der Waals surface area contributed by atoms with Crippen LogP contribution in [0.1, 0.15) is 11.6 Å². The van der Waals surface area contributed by atoms with E-state index < -0.39 is 0 Å². The molecule has 1 aromatic rings. The normalized spacial score (nSPS) is 18.5. The van der Waals surface area contributed by atoms with Crippen molar-refractivity contribution in [3.63, 3.8) is 0 Å². The van der Waals surface area contributed by atoms with Gasteiger partial charge in [0, 0.05) is 11.6 Å². The van der Waals surface area contributed by atoms with Crippen LogP contribution in [0.4, 0.5) is 0 Å². The molecule has 0 radical (unpaired) electrons. The van der Waals surface area contributed by atoms with Crippen LogP contribution in [0.25, 0.3) is 0 Å². The number of ether oxygens (including phenoxy) is 2. The van der Waals surface area contributed by atoms with Gasteiger partial charge in [-0.25, -0.2) is 0 Å².